The summed E-state index contributed by atoms with van der Waals surface area (Å²) in [4.78, 5) is 0. The number of hydrogen-bond donors (Lipinski definition) is 2. The van der Waals surface area contributed by atoms with E-state index in [1.165, 1.54) is 0 Å². The van der Waals surface area contributed by atoms with E-state index in [2.05, 4.69) is 28.2 Å². The summed E-state index contributed by atoms with van der Waals surface area (Å²) < 4.78 is 6.58. The predicted octanol–water partition coefficient (Wildman–Crippen LogP) is 4.19. The van der Waals surface area contributed by atoms with Crippen LogP contribution in [-0.4, -0.2) is 24.4 Å². The van der Waals surface area contributed by atoms with E-state index < -0.39 is 6.10 Å². The van der Waals surface area contributed by atoms with Gasteiger partial charge in [-0.3, -0.25) is 0 Å². The summed E-state index contributed by atoms with van der Waals surface area (Å²) in [5, 5.41) is 13.9. The number of para-hydroxylation sites is 1. The Morgan fingerprint density at radius 2 is 1.86 bits per heavy atom. The molecule has 2 rings (SSSR count). The maximum Gasteiger partial charge on any atom is 0.138 e. The van der Waals surface area contributed by atoms with Crippen LogP contribution in [0.4, 0.5) is 0 Å². The molecule has 2 N–H and O–H groups in total. The Hall–Kier alpha value is -1.07. The quantitative estimate of drug-likeness (QED) is 0.752. The third-order valence-corrected chi connectivity index (χ3v) is 4.33. The van der Waals surface area contributed by atoms with Crippen LogP contribution in [0.15, 0.2) is 53.0 Å². The summed E-state index contributed by atoms with van der Waals surface area (Å²) >= 11 is 9.54. The average Bonchev–Trinajstić information content (AvgIpc) is 2.52. The molecule has 5 heteroatoms. The molecular weight excluding hydrogens is 366 g/mol. The second-order valence-electron chi connectivity index (χ2n) is 5.05. The molecule has 2 atom stereocenters. The predicted molar refractivity (Wildman–Crippen MR) is 93.5 cm³/mol. The first-order valence-electron chi connectivity index (χ1n) is 7.11. The summed E-state index contributed by atoms with van der Waals surface area (Å²) in [6.45, 7) is 2.69. The highest BCUT2D eigenvalue weighted by atomic mass is 79.9. The normalized spacial score (nSPS) is 13.6. The number of rotatable bonds is 7. The van der Waals surface area contributed by atoms with E-state index in [9.17, 15) is 5.11 Å². The molecule has 2 aromatic rings. The number of benzene rings is 2. The van der Waals surface area contributed by atoms with Gasteiger partial charge < -0.3 is 15.2 Å². The molecule has 0 radical (unpaired) electrons. The van der Waals surface area contributed by atoms with Gasteiger partial charge in [0.15, 0.2) is 0 Å². The van der Waals surface area contributed by atoms with Crippen LogP contribution in [0.2, 0.25) is 5.02 Å². The van der Waals surface area contributed by atoms with Gasteiger partial charge >= 0.3 is 0 Å². The van der Waals surface area contributed by atoms with Crippen molar-refractivity contribution in [3.8, 4) is 5.75 Å². The van der Waals surface area contributed by atoms with Crippen molar-refractivity contribution in [2.75, 3.05) is 13.2 Å². The fourth-order valence-electron chi connectivity index (χ4n) is 2.06. The summed E-state index contributed by atoms with van der Waals surface area (Å²) in [6, 6.07) is 15.4. The van der Waals surface area contributed by atoms with Gasteiger partial charge in [0.25, 0.3) is 0 Å². The molecule has 2 aromatic carbocycles. The highest BCUT2D eigenvalue weighted by molar-refractivity contribution is 9.10. The van der Waals surface area contributed by atoms with E-state index in [1.54, 1.807) is 12.1 Å². The molecule has 3 nitrogen and oxygen atoms in total. The third kappa shape index (κ3) is 4.99. The highest BCUT2D eigenvalue weighted by Crippen LogP contribution is 2.24. The van der Waals surface area contributed by atoms with Crippen molar-refractivity contribution in [2.24, 2.45) is 0 Å². The summed E-state index contributed by atoms with van der Waals surface area (Å²) in [7, 11) is 0. The van der Waals surface area contributed by atoms with Crippen LogP contribution >= 0.6 is 27.5 Å². The number of ether oxygens (including phenoxy) is 1. The van der Waals surface area contributed by atoms with Crippen molar-refractivity contribution >= 4 is 27.5 Å². The van der Waals surface area contributed by atoms with Crippen molar-refractivity contribution in [1.29, 1.82) is 0 Å². The summed E-state index contributed by atoms with van der Waals surface area (Å²) in [5.74, 6) is 0.585. The topological polar surface area (TPSA) is 41.5 Å². The van der Waals surface area contributed by atoms with Gasteiger partial charge in [0.2, 0.25) is 0 Å². The number of hydrogen-bond acceptors (Lipinski definition) is 3. The summed E-state index contributed by atoms with van der Waals surface area (Å²) in [6.07, 6.45) is -0.610. The monoisotopic (exact) mass is 383 g/mol. The SMILES string of the molecule is CC(NCC(O)COc1ccccc1Cl)c1ccccc1Br. The van der Waals surface area contributed by atoms with Gasteiger partial charge in [0.05, 0.1) is 5.02 Å². The number of halogens is 2. The lowest BCUT2D eigenvalue weighted by Crippen LogP contribution is -2.33. The van der Waals surface area contributed by atoms with E-state index in [4.69, 9.17) is 16.3 Å². The minimum absolute atomic E-state index is 0.130. The standard InChI is InChI=1S/C17H19BrClNO2/c1-12(14-6-2-3-7-15(14)18)20-10-13(21)11-22-17-9-5-4-8-16(17)19/h2-9,12-13,20-21H,10-11H2,1H3. The van der Waals surface area contributed by atoms with Crippen LogP contribution in [0.5, 0.6) is 5.75 Å². The first-order chi connectivity index (χ1) is 10.6. The van der Waals surface area contributed by atoms with Crippen LogP contribution in [0.25, 0.3) is 0 Å². The molecule has 0 spiro atoms. The lowest BCUT2D eigenvalue weighted by molar-refractivity contribution is 0.104. The van der Waals surface area contributed by atoms with Crippen molar-refractivity contribution < 1.29 is 9.84 Å². The maximum absolute atomic E-state index is 10.0. The molecule has 0 aliphatic heterocycles. The van der Waals surface area contributed by atoms with E-state index >= 15 is 0 Å². The minimum atomic E-state index is -0.610. The molecule has 0 bridgehead atoms. The molecule has 0 saturated heterocycles. The van der Waals surface area contributed by atoms with Crippen molar-refractivity contribution in [2.45, 2.75) is 19.1 Å². The van der Waals surface area contributed by atoms with Gasteiger partial charge in [-0.15, -0.1) is 0 Å². The first-order valence-corrected chi connectivity index (χ1v) is 8.28. The van der Waals surface area contributed by atoms with Gasteiger partial charge in [-0.25, -0.2) is 0 Å². The van der Waals surface area contributed by atoms with Crippen LogP contribution in [0, 0.1) is 0 Å². The van der Waals surface area contributed by atoms with Crippen molar-refractivity contribution in [3.63, 3.8) is 0 Å². The van der Waals surface area contributed by atoms with E-state index in [1.807, 2.05) is 36.4 Å². The number of aliphatic hydroxyl groups is 1. The molecule has 0 aromatic heterocycles. The molecule has 118 valence electrons. The molecule has 2 unspecified atom stereocenters. The Morgan fingerprint density at radius 3 is 2.59 bits per heavy atom. The number of aliphatic hydroxyl groups excluding tert-OH is 1. The highest BCUT2D eigenvalue weighted by Gasteiger charge is 2.12. The average molecular weight is 385 g/mol. The van der Waals surface area contributed by atoms with E-state index in [0.29, 0.717) is 17.3 Å². The van der Waals surface area contributed by atoms with Gasteiger partial charge in [-0.1, -0.05) is 57.9 Å². The zero-order valence-electron chi connectivity index (χ0n) is 12.3. The Morgan fingerprint density at radius 1 is 1.18 bits per heavy atom. The van der Waals surface area contributed by atoms with Crippen molar-refractivity contribution in [1.82, 2.24) is 5.32 Å². The van der Waals surface area contributed by atoms with Crippen LogP contribution in [-0.2, 0) is 0 Å². The second-order valence-corrected chi connectivity index (χ2v) is 6.31. The van der Waals surface area contributed by atoms with Crippen molar-refractivity contribution in [3.05, 3.63) is 63.6 Å². The fourth-order valence-corrected chi connectivity index (χ4v) is 2.87. The Kier molecular flexibility index (Phi) is 6.70. The van der Waals surface area contributed by atoms with Crippen LogP contribution < -0.4 is 10.1 Å². The summed E-state index contributed by atoms with van der Waals surface area (Å²) in [5.41, 5.74) is 1.15. The third-order valence-electron chi connectivity index (χ3n) is 3.30. The number of nitrogens with one attached hydrogen (secondary N) is 1. The molecular formula is C17H19BrClNO2. The Bertz CT molecular complexity index is 609. The van der Waals surface area contributed by atoms with E-state index in [-0.39, 0.29) is 12.6 Å². The van der Waals surface area contributed by atoms with Gasteiger partial charge in [-0.2, -0.15) is 0 Å². The molecule has 0 fully saturated rings. The maximum atomic E-state index is 10.0. The molecule has 0 amide bonds. The van der Waals surface area contributed by atoms with Gasteiger partial charge in [0.1, 0.15) is 18.5 Å². The van der Waals surface area contributed by atoms with Crippen LogP contribution in [0.3, 0.4) is 0 Å². The molecule has 22 heavy (non-hydrogen) atoms. The zero-order valence-corrected chi connectivity index (χ0v) is 14.6. The molecule has 0 heterocycles. The molecule has 0 aliphatic carbocycles. The molecule has 0 aliphatic rings. The van der Waals surface area contributed by atoms with Gasteiger partial charge in [-0.05, 0) is 30.7 Å². The lowest BCUT2D eigenvalue weighted by atomic mass is 10.1. The lowest BCUT2D eigenvalue weighted by Gasteiger charge is -2.19. The van der Waals surface area contributed by atoms with E-state index in [0.717, 1.165) is 10.0 Å². The smallest absolute Gasteiger partial charge is 0.138 e. The largest absolute Gasteiger partial charge is 0.489 e. The zero-order chi connectivity index (χ0) is 15.9. The fraction of sp³-hybridized carbons (Fsp3) is 0.294. The Balaban J connectivity index is 1.79. The second kappa shape index (κ2) is 8.53. The first kappa shape index (κ1) is 17.3. The minimum Gasteiger partial charge on any atom is -0.489 e. The van der Waals surface area contributed by atoms with Gasteiger partial charge in [0, 0.05) is 17.1 Å². The Labute approximate surface area is 144 Å². The van der Waals surface area contributed by atoms with Crippen LogP contribution in [0.1, 0.15) is 18.5 Å². The molecule has 0 saturated carbocycles.